The molecular formula is C14H14N2O3. The van der Waals surface area contributed by atoms with Crippen LogP contribution in [-0.2, 0) is 11.2 Å². The van der Waals surface area contributed by atoms with Gasteiger partial charge in [-0.1, -0.05) is 36.4 Å². The number of nitrogens with zero attached hydrogens (tertiary/aromatic N) is 1. The first-order valence-corrected chi connectivity index (χ1v) is 5.88. The van der Waals surface area contributed by atoms with E-state index in [2.05, 4.69) is 5.43 Å². The summed E-state index contributed by atoms with van der Waals surface area (Å²) in [5.41, 5.74) is 3.30. The van der Waals surface area contributed by atoms with E-state index in [0.717, 1.165) is 5.56 Å². The minimum atomic E-state index is -1.00. The average Bonchev–Trinajstić information content (AvgIpc) is 2.41. The van der Waals surface area contributed by atoms with Crippen LogP contribution in [0, 0.1) is 0 Å². The van der Waals surface area contributed by atoms with E-state index in [0.29, 0.717) is 6.42 Å². The summed E-state index contributed by atoms with van der Waals surface area (Å²) in [4.78, 5) is 22.8. The lowest BCUT2D eigenvalue weighted by molar-refractivity contribution is -0.138. The van der Waals surface area contributed by atoms with Crippen molar-refractivity contribution in [2.45, 2.75) is 12.5 Å². The van der Waals surface area contributed by atoms with Crippen molar-refractivity contribution in [1.29, 1.82) is 0 Å². The zero-order valence-electron chi connectivity index (χ0n) is 10.2. The zero-order chi connectivity index (χ0) is 13.7. The Morgan fingerprint density at radius 1 is 1.16 bits per heavy atom. The van der Waals surface area contributed by atoms with Gasteiger partial charge in [0.1, 0.15) is 6.04 Å². The summed E-state index contributed by atoms with van der Waals surface area (Å²) in [6, 6.07) is 13.1. The Balaban J connectivity index is 2.16. The molecule has 5 heteroatoms. The van der Waals surface area contributed by atoms with Crippen LogP contribution in [0.15, 0.2) is 59.5 Å². The molecule has 0 saturated heterocycles. The molecule has 1 aromatic carbocycles. The average molecular weight is 258 g/mol. The monoisotopic (exact) mass is 258 g/mol. The first-order valence-electron chi connectivity index (χ1n) is 5.88. The predicted octanol–water partition coefficient (Wildman–Crippen LogP) is 1.09. The van der Waals surface area contributed by atoms with Crippen molar-refractivity contribution in [2.75, 3.05) is 5.43 Å². The van der Waals surface area contributed by atoms with Crippen LogP contribution >= 0.6 is 0 Å². The number of hydrogen-bond donors (Lipinski definition) is 2. The van der Waals surface area contributed by atoms with Gasteiger partial charge in [-0.3, -0.25) is 4.79 Å². The van der Waals surface area contributed by atoms with Crippen LogP contribution in [0.25, 0.3) is 0 Å². The van der Waals surface area contributed by atoms with E-state index in [-0.39, 0.29) is 5.56 Å². The van der Waals surface area contributed by atoms with Crippen LogP contribution in [0.3, 0.4) is 0 Å². The van der Waals surface area contributed by atoms with Gasteiger partial charge in [-0.15, -0.1) is 0 Å². The predicted molar refractivity (Wildman–Crippen MR) is 71.6 cm³/mol. The Bertz CT molecular complexity index is 607. The molecular weight excluding hydrogens is 244 g/mol. The fraction of sp³-hybridized carbons (Fsp3) is 0.143. The van der Waals surface area contributed by atoms with E-state index >= 15 is 0 Å². The molecule has 0 amide bonds. The molecule has 2 N–H and O–H groups in total. The smallest absolute Gasteiger partial charge is 0.328 e. The van der Waals surface area contributed by atoms with Crippen molar-refractivity contribution >= 4 is 5.97 Å². The molecule has 0 fully saturated rings. The van der Waals surface area contributed by atoms with Crippen LogP contribution in [0.4, 0.5) is 0 Å². The Morgan fingerprint density at radius 3 is 2.47 bits per heavy atom. The van der Waals surface area contributed by atoms with Crippen molar-refractivity contribution in [1.82, 2.24) is 4.68 Å². The quantitative estimate of drug-likeness (QED) is 0.842. The third kappa shape index (κ3) is 3.45. The highest BCUT2D eigenvalue weighted by atomic mass is 16.4. The minimum absolute atomic E-state index is 0.290. The molecule has 1 heterocycles. The number of benzene rings is 1. The van der Waals surface area contributed by atoms with Gasteiger partial charge in [0.25, 0.3) is 5.56 Å². The first-order chi connectivity index (χ1) is 9.16. The fourth-order valence-electron chi connectivity index (χ4n) is 1.74. The number of aliphatic carboxylic acids is 1. The molecule has 0 radical (unpaired) electrons. The van der Waals surface area contributed by atoms with E-state index < -0.39 is 12.0 Å². The number of aromatic nitrogens is 1. The van der Waals surface area contributed by atoms with Gasteiger partial charge in [0, 0.05) is 18.7 Å². The number of pyridine rings is 1. The summed E-state index contributed by atoms with van der Waals surface area (Å²) in [6.45, 7) is 0. The molecule has 0 bridgehead atoms. The lowest BCUT2D eigenvalue weighted by Gasteiger charge is -2.17. The summed E-state index contributed by atoms with van der Waals surface area (Å²) in [7, 11) is 0. The Labute approximate surface area is 110 Å². The summed E-state index contributed by atoms with van der Waals surface area (Å²) < 4.78 is 1.18. The maximum absolute atomic E-state index is 11.5. The molecule has 5 nitrogen and oxygen atoms in total. The SMILES string of the molecule is O=C(O)[C@H](Cc1ccccc1)Nn1ccccc1=O. The maximum Gasteiger partial charge on any atom is 0.328 e. The van der Waals surface area contributed by atoms with Crippen LogP contribution in [-0.4, -0.2) is 21.8 Å². The van der Waals surface area contributed by atoms with Gasteiger partial charge in [0.05, 0.1) is 0 Å². The van der Waals surface area contributed by atoms with E-state index in [9.17, 15) is 14.7 Å². The highest BCUT2D eigenvalue weighted by Gasteiger charge is 2.18. The Kier molecular flexibility index (Phi) is 3.97. The van der Waals surface area contributed by atoms with Crippen molar-refractivity contribution < 1.29 is 9.90 Å². The first kappa shape index (κ1) is 12.9. The number of hydrogen-bond acceptors (Lipinski definition) is 3. The molecule has 0 spiro atoms. The molecule has 19 heavy (non-hydrogen) atoms. The van der Waals surface area contributed by atoms with Crippen molar-refractivity contribution in [3.8, 4) is 0 Å². The minimum Gasteiger partial charge on any atom is -0.480 e. The number of carboxylic acid groups (broad SMARTS) is 1. The number of carboxylic acids is 1. The van der Waals surface area contributed by atoms with Crippen LogP contribution in [0.1, 0.15) is 5.56 Å². The number of nitrogens with one attached hydrogen (secondary N) is 1. The van der Waals surface area contributed by atoms with Crippen LogP contribution < -0.4 is 11.0 Å². The van der Waals surface area contributed by atoms with Gasteiger partial charge in [-0.25, -0.2) is 9.47 Å². The fourth-order valence-corrected chi connectivity index (χ4v) is 1.74. The van der Waals surface area contributed by atoms with Crippen molar-refractivity contribution in [3.63, 3.8) is 0 Å². The summed E-state index contributed by atoms with van der Waals surface area (Å²) >= 11 is 0. The van der Waals surface area contributed by atoms with Gasteiger partial charge in [-0.2, -0.15) is 0 Å². The number of rotatable bonds is 5. The summed E-state index contributed by atoms with van der Waals surface area (Å²) in [5.74, 6) is -1.00. The van der Waals surface area contributed by atoms with E-state index in [1.54, 1.807) is 12.1 Å². The second-order valence-corrected chi connectivity index (χ2v) is 4.12. The normalized spacial score (nSPS) is 11.8. The van der Waals surface area contributed by atoms with Crippen molar-refractivity contribution in [3.05, 3.63) is 70.6 Å². The molecule has 0 saturated carbocycles. The van der Waals surface area contributed by atoms with Gasteiger partial charge >= 0.3 is 5.97 Å². The Hall–Kier alpha value is -2.56. The molecule has 0 aliphatic rings. The third-order valence-electron chi connectivity index (χ3n) is 2.70. The van der Waals surface area contributed by atoms with Gasteiger partial charge < -0.3 is 10.5 Å². The molecule has 0 aliphatic carbocycles. The van der Waals surface area contributed by atoms with Gasteiger partial charge in [-0.05, 0) is 11.6 Å². The van der Waals surface area contributed by atoms with E-state index in [1.165, 1.54) is 16.9 Å². The summed E-state index contributed by atoms with van der Waals surface area (Å²) in [6.07, 6.45) is 1.81. The molecule has 1 atom stereocenters. The molecule has 0 unspecified atom stereocenters. The van der Waals surface area contributed by atoms with Crippen LogP contribution in [0.2, 0.25) is 0 Å². The molecule has 2 aromatic rings. The largest absolute Gasteiger partial charge is 0.480 e. The van der Waals surface area contributed by atoms with E-state index in [1.807, 2.05) is 30.3 Å². The topological polar surface area (TPSA) is 71.3 Å². The summed E-state index contributed by atoms with van der Waals surface area (Å²) in [5, 5.41) is 9.21. The highest BCUT2D eigenvalue weighted by molar-refractivity contribution is 5.75. The molecule has 2 rings (SSSR count). The number of carbonyl (C=O) groups is 1. The lowest BCUT2D eigenvalue weighted by atomic mass is 10.1. The molecule has 1 aromatic heterocycles. The van der Waals surface area contributed by atoms with Gasteiger partial charge in [0.2, 0.25) is 0 Å². The van der Waals surface area contributed by atoms with Gasteiger partial charge in [0.15, 0.2) is 0 Å². The highest BCUT2D eigenvalue weighted by Crippen LogP contribution is 2.04. The lowest BCUT2D eigenvalue weighted by Crippen LogP contribution is -2.41. The van der Waals surface area contributed by atoms with Crippen molar-refractivity contribution in [2.24, 2.45) is 0 Å². The molecule has 0 aliphatic heterocycles. The second-order valence-electron chi connectivity index (χ2n) is 4.12. The Morgan fingerprint density at radius 2 is 1.84 bits per heavy atom. The third-order valence-corrected chi connectivity index (χ3v) is 2.70. The van der Waals surface area contributed by atoms with E-state index in [4.69, 9.17) is 0 Å². The maximum atomic E-state index is 11.5. The molecule has 98 valence electrons. The standard InChI is InChI=1S/C14H14N2O3/c17-13-8-4-5-9-16(13)15-12(14(18)19)10-11-6-2-1-3-7-11/h1-9,12,15H,10H2,(H,18,19)/t12-/m0/s1. The van der Waals surface area contributed by atoms with Crippen LogP contribution in [0.5, 0.6) is 0 Å². The zero-order valence-corrected chi connectivity index (χ0v) is 10.2. The second kappa shape index (κ2) is 5.86.